The second-order valence-corrected chi connectivity index (χ2v) is 4.96. The van der Waals surface area contributed by atoms with E-state index in [1.807, 2.05) is 26.0 Å². The van der Waals surface area contributed by atoms with Gasteiger partial charge in [-0.3, -0.25) is 0 Å². The number of nitrogens with one attached hydrogen (secondary N) is 1. The lowest BCUT2D eigenvalue weighted by atomic mass is 10.1. The predicted molar refractivity (Wildman–Crippen MR) is 74.6 cm³/mol. The monoisotopic (exact) mass is 281 g/mol. The Bertz CT molecular complexity index is 578. The molecule has 0 spiro atoms. The van der Waals surface area contributed by atoms with Gasteiger partial charge >= 0.3 is 0 Å². The molecule has 2 rings (SSSR count). The third kappa shape index (κ3) is 3.44. The fourth-order valence-corrected chi connectivity index (χ4v) is 2.06. The minimum atomic E-state index is -0.584. The van der Waals surface area contributed by atoms with Crippen LogP contribution < -0.4 is 5.32 Å². The first-order valence-electron chi connectivity index (χ1n) is 5.94. The highest BCUT2D eigenvalue weighted by molar-refractivity contribution is 6.33. The molecule has 2 aromatic rings. The van der Waals surface area contributed by atoms with Crippen LogP contribution in [-0.4, -0.2) is 0 Å². The molecule has 0 aliphatic heterocycles. The van der Waals surface area contributed by atoms with Crippen LogP contribution in [0.2, 0.25) is 5.02 Å². The van der Waals surface area contributed by atoms with E-state index < -0.39 is 11.6 Å². The zero-order valence-corrected chi connectivity index (χ0v) is 11.4. The van der Waals surface area contributed by atoms with E-state index in [0.717, 1.165) is 17.3 Å². The molecule has 2 aromatic carbocycles. The largest absolute Gasteiger partial charge is 0.377 e. The topological polar surface area (TPSA) is 12.0 Å². The number of hydrogen-bond acceptors (Lipinski definition) is 1. The average molecular weight is 282 g/mol. The van der Waals surface area contributed by atoms with Gasteiger partial charge in [-0.05, 0) is 49.2 Å². The molecular weight excluding hydrogens is 268 g/mol. The molecule has 0 saturated carbocycles. The molecule has 0 saturated heterocycles. The van der Waals surface area contributed by atoms with Gasteiger partial charge in [0.25, 0.3) is 0 Å². The Morgan fingerprint density at radius 1 is 1.05 bits per heavy atom. The molecule has 1 atom stereocenters. The van der Waals surface area contributed by atoms with Crippen LogP contribution in [-0.2, 0) is 0 Å². The van der Waals surface area contributed by atoms with Gasteiger partial charge in [0.2, 0.25) is 0 Å². The summed E-state index contributed by atoms with van der Waals surface area (Å²) in [4.78, 5) is 0. The fraction of sp³-hybridized carbons (Fsp3) is 0.200. The summed E-state index contributed by atoms with van der Waals surface area (Å²) in [5.41, 5.74) is 2.35. The molecule has 0 aliphatic rings. The first-order chi connectivity index (χ1) is 8.95. The smallest absolute Gasteiger partial charge is 0.126 e. The van der Waals surface area contributed by atoms with Crippen molar-refractivity contribution in [2.24, 2.45) is 0 Å². The van der Waals surface area contributed by atoms with Crippen LogP contribution in [0.15, 0.2) is 36.4 Å². The molecule has 1 nitrogen and oxygen atoms in total. The quantitative estimate of drug-likeness (QED) is 0.825. The summed E-state index contributed by atoms with van der Waals surface area (Å²) in [5, 5.41) is 3.73. The highest BCUT2D eigenvalue weighted by Crippen LogP contribution is 2.27. The Morgan fingerprint density at radius 3 is 2.32 bits per heavy atom. The van der Waals surface area contributed by atoms with Crippen molar-refractivity contribution in [3.8, 4) is 0 Å². The van der Waals surface area contributed by atoms with Crippen LogP contribution in [0, 0.1) is 18.6 Å². The normalized spacial score (nSPS) is 12.3. The first-order valence-corrected chi connectivity index (χ1v) is 6.32. The summed E-state index contributed by atoms with van der Waals surface area (Å²) >= 11 is 6.08. The lowest BCUT2D eigenvalue weighted by Gasteiger charge is -2.17. The summed E-state index contributed by atoms with van der Waals surface area (Å²) in [6.45, 7) is 3.78. The van der Waals surface area contributed by atoms with Crippen molar-refractivity contribution < 1.29 is 8.78 Å². The number of aryl methyl sites for hydroxylation is 1. The summed E-state index contributed by atoms with van der Waals surface area (Å²) < 4.78 is 26.4. The summed E-state index contributed by atoms with van der Waals surface area (Å²) in [5.74, 6) is -1.17. The van der Waals surface area contributed by atoms with Gasteiger partial charge in [0, 0.05) is 12.1 Å². The molecule has 19 heavy (non-hydrogen) atoms. The van der Waals surface area contributed by atoms with Crippen LogP contribution >= 0.6 is 11.6 Å². The Morgan fingerprint density at radius 2 is 1.68 bits per heavy atom. The molecule has 0 aromatic heterocycles. The minimum Gasteiger partial charge on any atom is -0.377 e. The third-order valence-corrected chi connectivity index (χ3v) is 3.21. The molecule has 4 heteroatoms. The van der Waals surface area contributed by atoms with Crippen molar-refractivity contribution in [1.82, 2.24) is 0 Å². The summed E-state index contributed by atoms with van der Waals surface area (Å²) in [7, 11) is 0. The molecule has 1 unspecified atom stereocenters. The number of halogens is 3. The first kappa shape index (κ1) is 13.8. The summed E-state index contributed by atoms with van der Waals surface area (Å²) in [6.07, 6.45) is 0. The highest BCUT2D eigenvalue weighted by Gasteiger charge is 2.10. The van der Waals surface area contributed by atoms with Gasteiger partial charge < -0.3 is 5.32 Å². The maximum Gasteiger partial charge on any atom is 0.126 e. The SMILES string of the molecule is Cc1ccc(Cl)c(NC(C)c2cc(F)cc(F)c2)c1. The van der Waals surface area contributed by atoms with Crippen molar-refractivity contribution in [2.45, 2.75) is 19.9 Å². The molecule has 0 bridgehead atoms. The zero-order valence-electron chi connectivity index (χ0n) is 10.7. The Labute approximate surface area is 116 Å². The average Bonchev–Trinajstić information content (AvgIpc) is 2.32. The van der Waals surface area contributed by atoms with Crippen LogP contribution in [0.3, 0.4) is 0 Å². The van der Waals surface area contributed by atoms with Crippen molar-refractivity contribution in [2.75, 3.05) is 5.32 Å². The highest BCUT2D eigenvalue weighted by atomic mass is 35.5. The van der Waals surface area contributed by atoms with Gasteiger partial charge in [0.15, 0.2) is 0 Å². The molecule has 0 radical (unpaired) electrons. The molecule has 0 fully saturated rings. The van der Waals surface area contributed by atoms with E-state index in [2.05, 4.69) is 5.32 Å². The van der Waals surface area contributed by atoms with Gasteiger partial charge in [0.1, 0.15) is 11.6 Å². The van der Waals surface area contributed by atoms with E-state index in [0.29, 0.717) is 10.6 Å². The molecular formula is C15H14ClF2N. The van der Waals surface area contributed by atoms with E-state index in [4.69, 9.17) is 11.6 Å². The van der Waals surface area contributed by atoms with Gasteiger partial charge in [-0.2, -0.15) is 0 Å². The number of rotatable bonds is 3. The molecule has 0 amide bonds. The van der Waals surface area contributed by atoms with Crippen LogP contribution in [0.4, 0.5) is 14.5 Å². The molecule has 1 N–H and O–H groups in total. The minimum absolute atomic E-state index is 0.246. The van der Waals surface area contributed by atoms with Crippen LogP contribution in [0.25, 0.3) is 0 Å². The predicted octanol–water partition coefficient (Wildman–Crippen LogP) is 5.10. The van der Waals surface area contributed by atoms with Crippen LogP contribution in [0.1, 0.15) is 24.1 Å². The van der Waals surface area contributed by atoms with E-state index in [1.165, 1.54) is 12.1 Å². The Hall–Kier alpha value is -1.61. The second kappa shape index (κ2) is 5.57. The number of hydrogen-bond donors (Lipinski definition) is 1. The van der Waals surface area contributed by atoms with Crippen molar-refractivity contribution in [1.29, 1.82) is 0 Å². The van der Waals surface area contributed by atoms with E-state index in [1.54, 1.807) is 6.07 Å². The maximum atomic E-state index is 13.2. The maximum absolute atomic E-state index is 13.2. The molecule has 0 aliphatic carbocycles. The van der Waals surface area contributed by atoms with E-state index in [9.17, 15) is 8.78 Å². The fourth-order valence-electron chi connectivity index (χ4n) is 1.89. The lowest BCUT2D eigenvalue weighted by molar-refractivity contribution is 0.577. The van der Waals surface area contributed by atoms with Gasteiger partial charge in [-0.1, -0.05) is 17.7 Å². The van der Waals surface area contributed by atoms with Crippen molar-refractivity contribution in [3.63, 3.8) is 0 Å². The third-order valence-electron chi connectivity index (χ3n) is 2.88. The van der Waals surface area contributed by atoms with Gasteiger partial charge in [-0.15, -0.1) is 0 Å². The summed E-state index contributed by atoms with van der Waals surface area (Å²) in [6, 6.07) is 8.82. The van der Waals surface area contributed by atoms with Gasteiger partial charge in [-0.25, -0.2) is 8.78 Å². The van der Waals surface area contributed by atoms with Gasteiger partial charge in [0.05, 0.1) is 10.7 Å². The standard InChI is InChI=1S/C15H14ClF2N/c1-9-3-4-14(16)15(5-9)19-10(2)11-6-12(17)8-13(18)7-11/h3-8,10,19H,1-2H3. The van der Waals surface area contributed by atoms with Crippen molar-refractivity contribution in [3.05, 3.63) is 64.2 Å². The van der Waals surface area contributed by atoms with E-state index >= 15 is 0 Å². The molecule has 100 valence electrons. The zero-order chi connectivity index (χ0) is 14.0. The van der Waals surface area contributed by atoms with Crippen LogP contribution in [0.5, 0.6) is 0 Å². The van der Waals surface area contributed by atoms with E-state index in [-0.39, 0.29) is 6.04 Å². The number of benzene rings is 2. The molecule has 0 heterocycles. The number of anilines is 1. The Balaban J connectivity index is 2.25. The van der Waals surface area contributed by atoms with Crippen molar-refractivity contribution >= 4 is 17.3 Å². The Kier molecular flexibility index (Phi) is 4.05. The lowest BCUT2D eigenvalue weighted by Crippen LogP contribution is -2.08. The second-order valence-electron chi connectivity index (χ2n) is 4.55.